The Balaban J connectivity index is 2.54. The number of hydrogen-bond donors (Lipinski definition) is 3. The highest BCUT2D eigenvalue weighted by molar-refractivity contribution is 5.86. The molecule has 19 heavy (non-hydrogen) atoms. The van der Waals surface area contributed by atoms with Gasteiger partial charge in [-0.2, -0.15) is 13.2 Å². The van der Waals surface area contributed by atoms with Gasteiger partial charge in [-0.3, -0.25) is 9.59 Å². The van der Waals surface area contributed by atoms with Crippen LogP contribution >= 0.6 is 0 Å². The van der Waals surface area contributed by atoms with Crippen molar-refractivity contribution in [2.24, 2.45) is 11.7 Å². The molecular formula is C11H17F3N2O3. The zero-order chi connectivity index (χ0) is 14.8. The van der Waals surface area contributed by atoms with Gasteiger partial charge in [0.25, 0.3) is 0 Å². The summed E-state index contributed by atoms with van der Waals surface area (Å²) in [6.45, 7) is 0.616. The molecule has 110 valence electrons. The molecule has 0 aromatic rings. The van der Waals surface area contributed by atoms with Crippen molar-refractivity contribution in [2.45, 2.75) is 50.4 Å². The number of amides is 1. The van der Waals surface area contributed by atoms with Crippen molar-refractivity contribution >= 4 is 11.9 Å². The second-order valence-electron chi connectivity index (χ2n) is 5.06. The molecule has 0 saturated heterocycles. The maximum atomic E-state index is 12.5. The second kappa shape index (κ2) is 5.36. The Morgan fingerprint density at radius 1 is 1.21 bits per heavy atom. The van der Waals surface area contributed by atoms with Crippen molar-refractivity contribution in [3.8, 4) is 0 Å². The minimum atomic E-state index is -4.82. The summed E-state index contributed by atoms with van der Waals surface area (Å²) >= 11 is 0. The van der Waals surface area contributed by atoms with Gasteiger partial charge in [0.15, 0.2) is 5.54 Å². The molecule has 0 aromatic carbocycles. The zero-order valence-corrected chi connectivity index (χ0v) is 10.5. The Labute approximate surface area is 108 Å². The van der Waals surface area contributed by atoms with E-state index in [0.717, 1.165) is 0 Å². The van der Waals surface area contributed by atoms with Crippen molar-refractivity contribution in [3.63, 3.8) is 0 Å². The fourth-order valence-electron chi connectivity index (χ4n) is 1.95. The van der Waals surface area contributed by atoms with Crippen LogP contribution in [0.15, 0.2) is 0 Å². The first-order valence-electron chi connectivity index (χ1n) is 5.95. The quantitative estimate of drug-likeness (QED) is 0.720. The molecule has 1 rings (SSSR count). The van der Waals surface area contributed by atoms with Crippen LogP contribution in [0.5, 0.6) is 0 Å². The molecule has 1 fully saturated rings. The zero-order valence-electron chi connectivity index (χ0n) is 10.5. The lowest BCUT2D eigenvalue weighted by atomic mass is 9.85. The van der Waals surface area contributed by atoms with Crippen molar-refractivity contribution in [3.05, 3.63) is 0 Å². The fourth-order valence-corrected chi connectivity index (χ4v) is 1.95. The molecule has 5 nitrogen and oxygen atoms in total. The van der Waals surface area contributed by atoms with Gasteiger partial charge in [0.2, 0.25) is 5.91 Å². The van der Waals surface area contributed by atoms with E-state index >= 15 is 0 Å². The number of hydrogen-bond acceptors (Lipinski definition) is 3. The van der Waals surface area contributed by atoms with Gasteiger partial charge >= 0.3 is 12.1 Å². The number of carbonyl (C=O) groups is 2. The summed E-state index contributed by atoms with van der Waals surface area (Å²) in [5.74, 6) is -2.68. The van der Waals surface area contributed by atoms with E-state index in [0.29, 0.717) is 32.6 Å². The minimum absolute atomic E-state index is 0.341. The summed E-state index contributed by atoms with van der Waals surface area (Å²) in [4.78, 5) is 22.2. The Hall–Kier alpha value is -1.31. The molecular weight excluding hydrogens is 265 g/mol. The third kappa shape index (κ3) is 3.59. The van der Waals surface area contributed by atoms with Crippen LogP contribution in [0, 0.1) is 5.92 Å². The lowest BCUT2D eigenvalue weighted by Crippen LogP contribution is -2.62. The maximum Gasteiger partial charge on any atom is 0.415 e. The highest BCUT2D eigenvalue weighted by Gasteiger charge is 2.54. The predicted octanol–water partition coefficient (Wildman–Crippen LogP) is 1.03. The lowest BCUT2D eigenvalue weighted by Gasteiger charge is -2.31. The van der Waals surface area contributed by atoms with Crippen LogP contribution in [0.2, 0.25) is 0 Å². The Bertz CT molecular complexity index is 361. The van der Waals surface area contributed by atoms with Crippen molar-refractivity contribution in [1.29, 1.82) is 0 Å². The number of alkyl halides is 3. The van der Waals surface area contributed by atoms with E-state index in [4.69, 9.17) is 10.8 Å². The number of rotatable bonds is 3. The van der Waals surface area contributed by atoms with E-state index in [1.54, 1.807) is 0 Å². The molecule has 0 heterocycles. The highest BCUT2D eigenvalue weighted by atomic mass is 19.4. The maximum absolute atomic E-state index is 12.5. The van der Waals surface area contributed by atoms with Crippen LogP contribution in [0.3, 0.4) is 0 Å². The molecule has 0 aliphatic heterocycles. The van der Waals surface area contributed by atoms with Crippen LogP contribution in [-0.2, 0) is 9.59 Å². The predicted molar refractivity (Wildman–Crippen MR) is 60.2 cm³/mol. The molecule has 1 aliphatic rings. The van der Waals surface area contributed by atoms with Gasteiger partial charge < -0.3 is 16.2 Å². The summed E-state index contributed by atoms with van der Waals surface area (Å²) in [5.41, 5.74) is 2.06. The van der Waals surface area contributed by atoms with E-state index < -0.39 is 35.6 Å². The molecule has 1 aliphatic carbocycles. The van der Waals surface area contributed by atoms with Gasteiger partial charge in [-0.15, -0.1) is 0 Å². The summed E-state index contributed by atoms with van der Waals surface area (Å²) in [6.07, 6.45) is -3.45. The average molecular weight is 282 g/mol. The third-order valence-corrected chi connectivity index (χ3v) is 3.47. The average Bonchev–Trinajstić information content (AvgIpc) is 2.28. The van der Waals surface area contributed by atoms with Gasteiger partial charge in [-0.25, -0.2) is 0 Å². The third-order valence-electron chi connectivity index (χ3n) is 3.47. The standard InChI is InChI=1S/C11H17F3N2O3/c1-10(15,11(12,13)14)9(19)16-7-4-2-6(3-5-7)8(17)18/h6-7H,2-5,15H2,1H3,(H,16,19)(H,17,18). The Morgan fingerprint density at radius 3 is 2.05 bits per heavy atom. The molecule has 0 spiro atoms. The molecule has 0 radical (unpaired) electrons. The summed E-state index contributed by atoms with van der Waals surface area (Å²) < 4.78 is 37.6. The van der Waals surface area contributed by atoms with Gasteiger partial charge in [0.1, 0.15) is 0 Å². The van der Waals surface area contributed by atoms with Gasteiger partial charge in [0, 0.05) is 6.04 Å². The van der Waals surface area contributed by atoms with Crippen molar-refractivity contribution in [1.82, 2.24) is 5.32 Å². The van der Waals surface area contributed by atoms with Gasteiger partial charge in [-0.05, 0) is 32.6 Å². The Kier molecular flexibility index (Phi) is 4.44. The second-order valence-corrected chi connectivity index (χ2v) is 5.06. The normalized spacial score (nSPS) is 27.4. The molecule has 1 amide bonds. The van der Waals surface area contributed by atoms with E-state index in [-0.39, 0.29) is 0 Å². The SMILES string of the molecule is CC(N)(C(=O)NC1CCC(C(=O)O)CC1)C(F)(F)F. The first kappa shape index (κ1) is 15.7. The largest absolute Gasteiger partial charge is 0.481 e. The topological polar surface area (TPSA) is 92.4 Å². The lowest BCUT2D eigenvalue weighted by molar-refractivity contribution is -0.187. The van der Waals surface area contributed by atoms with E-state index in [1.165, 1.54) is 0 Å². The highest BCUT2D eigenvalue weighted by Crippen LogP contribution is 2.29. The number of carbonyl (C=O) groups excluding carboxylic acids is 1. The van der Waals surface area contributed by atoms with E-state index in [1.807, 2.05) is 0 Å². The van der Waals surface area contributed by atoms with E-state index in [9.17, 15) is 22.8 Å². The summed E-state index contributed by atoms with van der Waals surface area (Å²) in [5, 5.41) is 11.0. The van der Waals surface area contributed by atoms with Crippen LogP contribution in [0.1, 0.15) is 32.6 Å². The number of carboxylic acid groups (broad SMARTS) is 1. The van der Waals surface area contributed by atoms with Crippen molar-refractivity contribution in [2.75, 3.05) is 0 Å². The minimum Gasteiger partial charge on any atom is -0.481 e. The van der Waals surface area contributed by atoms with E-state index in [2.05, 4.69) is 5.32 Å². The number of nitrogens with one attached hydrogen (secondary N) is 1. The molecule has 0 aromatic heterocycles. The molecule has 4 N–H and O–H groups in total. The van der Waals surface area contributed by atoms with Gasteiger partial charge in [-0.1, -0.05) is 0 Å². The van der Waals surface area contributed by atoms with Crippen LogP contribution in [-0.4, -0.2) is 34.7 Å². The van der Waals surface area contributed by atoms with Gasteiger partial charge in [0.05, 0.1) is 5.92 Å². The smallest absolute Gasteiger partial charge is 0.415 e. The van der Waals surface area contributed by atoms with Crippen LogP contribution in [0.25, 0.3) is 0 Å². The number of carboxylic acids is 1. The molecule has 8 heteroatoms. The Morgan fingerprint density at radius 2 is 1.68 bits per heavy atom. The molecule has 1 atom stereocenters. The molecule has 1 saturated carbocycles. The molecule has 0 bridgehead atoms. The number of nitrogens with two attached hydrogens (primary N) is 1. The molecule has 1 unspecified atom stereocenters. The number of aliphatic carboxylic acids is 1. The summed E-state index contributed by atoms with van der Waals surface area (Å²) in [7, 11) is 0. The first-order chi connectivity index (χ1) is 8.55. The van der Waals surface area contributed by atoms with Crippen LogP contribution in [0.4, 0.5) is 13.2 Å². The van der Waals surface area contributed by atoms with Crippen LogP contribution < -0.4 is 11.1 Å². The van der Waals surface area contributed by atoms with Crippen molar-refractivity contribution < 1.29 is 27.9 Å². The first-order valence-corrected chi connectivity index (χ1v) is 5.95. The summed E-state index contributed by atoms with van der Waals surface area (Å²) in [6, 6.07) is -0.451. The number of halogens is 3. The fraction of sp³-hybridized carbons (Fsp3) is 0.818. The monoisotopic (exact) mass is 282 g/mol.